The zero-order chi connectivity index (χ0) is 25.4. The molecule has 0 atom stereocenters. The highest BCUT2D eigenvalue weighted by molar-refractivity contribution is 6.07. The third-order valence-electron chi connectivity index (χ3n) is 5.34. The molecule has 0 radical (unpaired) electrons. The van der Waals surface area contributed by atoms with Crippen molar-refractivity contribution < 1.29 is 32.5 Å². The standard InChI is InChI=1S/C28H28F2O5/c1-18(2)20-7-10-23(11-8-20)34-17-22-15-19(6-13-25(22)32-3)5-12-24(31)21-9-14-26(35-28(29)30)27(16-21)33-4/h5-16,18,28H,17H2,1-4H3/b12-5+. The monoisotopic (exact) mass is 482 g/mol. The lowest BCUT2D eigenvalue weighted by Gasteiger charge is -2.12. The Bertz CT molecular complexity index is 1170. The minimum absolute atomic E-state index is 0.0508. The van der Waals surface area contributed by atoms with Crippen LogP contribution in [0, 0.1) is 0 Å². The van der Waals surface area contributed by atoms with Crippen molar-refractivity contribution in [3.63, 3.8) is 0 Å². The molecule has 35 heavy (non-hydrogen) atoms. The third-order valence-corrected chi connectivity index (χ3v) is 5.34. The highest BCUT2D eigenvalue weighted by atomic mass is 19.3. The summed E-state index contributed by atoms with van der Waals surface area (Å²) < 4.78 is 45.9. The summed E-state index contributed by atoms with van der Waals surface area (Å²) in [6, 6.07) is 17.5. The van der Waals surface area contributed by atoms with Crippen LogP contribution in [0.2, 0.25) is 0 Å². The largest absolute Gasteiger partial charge is 0.496 e. The summed E-state index contributed by atoms with van der Waals surface area (Å²) in [7, 11) is 2.90. The van der Waals surface area contributed by atoms with Gasteiger partial charge in [0.1, 0.15) is 18.1 Å². The normalized spacial score (nSPS) is 11.2. The van der Waals surface area contributed by atoms with E-state index in [1.54, 1.807) is 13.2 Å². The fraction of sp³-hybridized carbons (Fsp3) is 0.250. The predicted molar refractivity (Wildman–Crippen MR) is 131 cm³/mol. The summed E-state index contributed by atoms with van der Waals surface area (Å²) in [6.07, 6.45) is 3.07. The molecule has 0 unspecified atom stereocenters. The van der Waals surface area contributed by atoms with Crippen LogP contribution in [0.3, 0.4) is 0 Å². The summed E-state index contributed by atoms with van der Waals surface area (Å²) in [5.41, 5.74) is 3.12. The fourth-order valence-corrected chi connectivity index (χ4v) is 3.41. The summed E-state index contributed by atoms with van der Waals surface area (Å²) in [6.45, 7) is 1.58. The molecule has 5 nitrogen and oxygen atoms in total. The van der Waals surface area contributed by atoms with E-state index in [2.05, 4.69) is 18.6 Å². The molecule has 0 spiro atoms. The van der Waals surface area contributed by atoms with Crippen molar-refractivity contribution in [2.75, 3.05) is 14.2 Å². The molecular weight excluding hydrogens is 454 g/mol. The highest BCUT2D eigenvalue weighted by Crippen LogP contribution is 2.30. The second-order valence-corrected chi connectivity index (χ2v) is 8.03. The van der Waals surface area contributed by atoms with E-state index in [0.717, 1.165) is 16.9 Å². The number of methoxy groups -OCH3 is 2. The van der Waals surface area contributed by atoms with Gasteiger partial charge in [0.2, 0.25) is 0 Å². The highest BCUT2D eigenvalue weighted by Gasteiger charge is 2.13. The van der Waals surface area contributed by atoms with Crippen molar-refractivity contribution in [3.05, 3.63) is 89.0 Å². The Hall–Kier alpha value is -3.87. The number of carbonyl (C=O) groups is 1. The van der Waals surface area contributed by atoms with Gasteiger partial charge in [-0.25, -0.2) is 0 Å². The summed E-state index contributed by atoms with van der Waals surface area (Å²) >= 11 is 0. The van der Waals surface area contributed by atoms with Gasteiger partial charge >= 0.3 is 6.61 Å². The number of hydrogen-bond donors (Lipinski definition) is 0. The van der Waals surface area contributed by atoms with Crippen LogP contribution in [0.5, 0.6) is 23.0 Å². The maximum absolute atomic E-state index is 12.6. The molecule has 0 saturated heterocycles. The molecule has 3 aromatic rings. The van der Waals surface area contributed by atoms with Crippen molar-refractivity contribution in [1.29, 1.82) is 0 Å². The van der Waals surface area contributed by atoms with Gasteiger partial charge in [0, 0.05) is 11.1 Å². The Morgan fingerprint density at radius 2 is 1.57 bits per heavy atom. The van der Waals surface area contributed by atoms with E-state index in [9.17, 15) is 13.6 Å². The zero-order valence-corrected chi connectivity index (χ0v) is 20.1. The predicted octanol–water partition coefficient (Wildman–Crippen LogP) is 6.90. The molecule has 0 fully saturated rings. The van der Waals surface area contributed by atoms with Crippen LogP contribution in [0.1, 0.15) is 46.8 Å². The number of ether oxygens (including phenoxy) is 4. The van der Waals surface area contributed by atoms with Crippen LogP contribution in [0.4, 0.5) is 8.78 Å². The number of ketones is 1. The topological polar surface area (TPSA) is 54.0 Å². The average molecular weight is 483 g/mol. The van der Waals surface area contributed by atoms with E-state index in [-0.39, 0.29) is 22.8 Å². The fourth-order valence-electron chi connectivity index (χ4n) is 3.41. The molecule has 3 rings (SSSR count). The van der Waals surface area contributed by atoms with Gasteiger partial charge in [-0.3, -0.25) is 4.79 Å². The molecule has 3 aromatic carbocycles. The van der Waals surface area contributed by atoms with Crippen molar-refractivity contribution in [3.8, 4) is 23.0 Å². The van der Waals surface area contributed by atoms with Crippen LogP contribution in [0.15, 0.2) is 66.7 Å². The Morgan fingerprint density at radius 3 is 2.20 bits per heavy atom. The van der Waals surface area contributed by atoms with Crippen molar-refractivity contribution in [1.82, 2.24) is 0 Å². The first-order valence-electron chi connectivity index (χ1n) is 11.1. The Labute approximate surface area is 203 Å². The van der Waals surface area contributed by atoms with Crippen LogP contribution in [-0.2, 0) is 6.61 Å². The van der Waals surface area contributed by atoms with Crippen LogP contribution in [-0.4, -0.2) is 26.6 Å². The van der Waals surface area contributed by atoms with Crippen molar-refractivity contribution in [2.45, 2.75) is 33.0 Å². The maximum Gasteiger partial charge on any atom is 0.387 e. The second kappa shape index (κ2) is 12.0. The molecule has 184 valence electrons. The minimum atomic E-state index is -2.99. The smallest absolute Gasteiger partial charge is 0.387 e. The lowest BCUT2D eigenvalue weighted by atomic mass is 10.0. The number of allylic oxidation sites excluding steroid dienone is 1. The molecule has 0 N–H and O–H groups in total. The number of benzene rings is 3. The van der Waals surface area contributed by atoms with Crippen molar-refractivity contribution in [2.24, 2.45) is 0 Å². The van der Waals surface area contributed by atoms with Gasteiger partial charge in [0.15, 0.2) is 17.3 Å². The Kier molecular flexibility index (Phi) is 8.84. The van der Waals surface area contributed by atoms with Gasteiger partial charge in [-0.1, -0.05) is 38.1 Å². The van der Waals surface area contributed by atoms with Gasteiger partial charge in [0.25, 0.3) is 0 Å². The lowest BCUT2D eigenvalue weighted by molar-refractivity contribution is -0.0512. The Balaban J connectivity index is 1.72. The third kappa shape index (κ3) is 7.06. The quantitative estimate of drug-likeness (QED) is 0.220. The van der Waals surface area contributed by atoms with Gasteiger partial charge in [0.05, 0.1) is 14.2 Å². The molecular formula is C28H28F2O5. The zero-order valence-electron chi connectivity index (χ0n) is 20.1. The van der Waals surface area contributed by atoms with E-state index in [1.165, 1.54) is 36.9 Å². The van der Waals surface area contributed by atoms with Gasteiger partial charge in [-0.2, -0.15) is 8.78 Å². The van der Waals surface area contributed by atoms with Crippen LogP contribution < -0.4 is 18.9 Å². The second-order valence-electron chi connectivity index (χ2n) is 8.03. The van der Waals surface area contributed by atoms with Crippen LogP contribution in [0.25, 0.3) is 6.08 Å². The SMILES string of the molecule is COc1ccc(/C=C/C(=O)c2ccc(OC(F)F)c(OC)c2)cc1COc1ccc(C(C)C)cc1. The minimum Gasteiger partial charge on any atom is -0.496 e. The molecule has 0 heterocycles. The number of carbonyl (C=O) groups excluding carboxylic acids is 1. The van der Waals surface area contributed by atoms with E-state index in [4.69, 9.17) is 14.2 Å². The molecule has 0 amide bonds. The maximum atomic E-state index is 12.6. The van der Waals surface area contributed by atoms with E-state index in [1.807, 2.05) is 42.5 Å². The summed E-state index contributed by atoms with van der Waals surface area (Å²) in [5.74, 6) is 1.47. The lowest BCUT2D eigenvalue weighted by Crippen LogP contribution is -2.04. The summed E-state index contributed by atoms with van der Waals surface area (Å²) in [5, 5.41) is 0. The first-order valence-corrected chi connectivity index (χ1v) is 11.1. The number of alkyl halides is 2. The molecule has 0 aromatic heterocycles. The molecule has 0 saturated carbocycles. The first kappa shape index (κ1) is 25.7. The summed E-state index contributed by atoms with van der Waals surface area (Å²) in [4.78, 5) is 12.6. The average Bonchev–Trinajstić information content (AvgIpc) is 2.86. The first-order chi connectivity index (χ1) is 16.8. The van der Waals surface area contributed by atoms with Crippen LogP contribution >= 0.6 is 0 Å². The van der Waals surface area contributed by atoms with E-state index in [0.29, 0.717) is 18.3 Å². The number of halogens is 2. The molecule has 7 heteroatoms. The molecule has 0 aliphatic heterocycles. The van der Waals surface area contributed by atoms with Gasteiger partial charge in [-0.15, -0.1) is 0 Å². The van der Waals surface area contributed by atoms with Gasteiger partial charge < -0.3 is 18.9 Å². The van der Waals surface area contributed by atoms with E-state index >= 15 is 0 Å². The molecule has 0 bridgehead atoms. The van der Waals surface area contributed by atoms with Crippen molar-refractivity contribution >= 4 is 11.9 Å². The van der Waals surface area contributed by atoms with Gasteiger partial charge in [-0.05, 0) is 65.6 Å². The molecule has 0 aliphatic carbocycles. The number of hydrogen-bond acceptors (Lipinski definition) is 5. The molecule has 0 aliphatic rings. The van der Waals surface area contributed by atoms with E-state index < -0.39 is 6.61 Å². The Morgan fingerprint density at radius 1 is 0.886 bits per heavy atom. The number of rotatable bonds is 11.